The van der Waals surface area contributed by atoms with Crippen LogP contribution in [0.1, 0.15) is 30.6 Å². The molecule has 1 aromatic carbocycles. The van der Waals surface area contributed by atoms with Gasteiger partial charge >= 0.3 is 0 Å². The minimum atomic E-state index is 0. The molecule has 0 bridgehead atoms. The van der Waals surface area contributed by atoms with Crippen molar-refractivity contribution in [2.45, 2.75) is 32.5 Å². The van der Waals surface area contributed by atoms with Crippen LogP contribution in [-0.2, 0) is 13.2 Å². The van der Waals surface area contributed by atoms with E-state index in [0.29, 0.717) is 25.1 Å². The Morgan fingerprint density at radius 1 is 1.22 bits per heavy atom. The molecule has 0 amide bonds. The number of benzene rings is 1. The van der Waals surface area contributed by atoms with Crippen molar-refractivity contribution in [2.24, 2.45) is 10.9 Å². The number of nitrogens with one attached hydrogen (secondary N) is 1. The third-order valence-corrected chi connectivity index (χ3v) is 5.80. The number of ether oxygens (including phenoxy) is 1. The van der Waals surface area contributed by atoms with E-state index in [1.807, 2.05) is 49.9 Å². The second kappa shape index (κ2) is 11.8. The first kappa shape index (κ1) is 24.0. The minimum absolute atomic E-state index is 0. The summed E-state index contributed by atoms with van der Waals surface area (Å²) in [4.78, 5) is 15.4. The first-order valence-electron chi connectivity index (χ1n) is 10.8. The molecule has 0 spiro atoms. The highest BCUT2D eigenvalue weighted by Crippen LogP contribution is 2.27. The lowest BCUT2D eigenvalue weighted by molar-refractivity contribution is 0.189. The van der Waals surface area contributed by atoms with Crippen LogP contribution in [0.3, 0.4) is 0 Å². The summed E-state index contributed by atoms with van der Waals surface area (Å²) in [5.74, 6) is 2.38. The van der Waals surface area contributed by atoms with Gasteiger partial charge in [-0.05, 0) is 42.2 Å². The fraction of sp³-hybridized carbons (Fsp3) is 0.375. The van der Waals surface area contributed by atoms with Gasteiger partial charge in [-0.15, -0.1) is 24.0 Å². The molecule has 1 saturated heterocycles. The van der Waals surface area contributed by atoms with Crippen LogP contribution < -0.4 is 10.1 Å². The molecule has 8 heteroatoms. The number of guanidine groups is 1. The van der Waals surface area contributed by atoms with E-state index in [9.17, 15) is 0 Å². The van der Waals surface area contributed by atoms with Gasteiger partial charge in [0, 0.05) is 45.3 Å². The molecule has 0 radical (unpaired) electrons. The molecule has 2 unspecified atom stereocenters. The molecule has 32 heavy (non-hydrogen) atoms. The topological polar surface area (TPSA) is 67.6 Å². The molecule has 0 saturated carbocycles. The Morgan fingerprint density at radius 2 is 2.12 bits per heavy atom. The Balaban J connectivity index is 0.00000289. The number of hydrogen-bond acceptors (Lipinski definition) is 4. The van der Waals surface area contributed by atoms with Crippen molar-refractivity contribution in [1.29, 1.82) is 0 Å². The molecular formula is C24H31IN6O. The van der Waals surface area contributed by atoms with Crippen LogP contribution in [0.2, 0.25) is 0 Å². The summed E-state index contributed by atoms with van der Waals surface area (Å²) >= 11 is 0. The van der Waals surface area contributed by atoms with Gasteiger partial charge in [0.2, 0.25) is 0 Å². The van der Waals surface area contributed by atoms with Crippen molar-refractivity contribution in [2.75, 3.05) is 20.1 Å². The lowest BCUT2D eigenvalue weighted by Gasteiger charge is -2.39. The number of imidazole rings is 1. The summed E-state index contributed by atoms with van der Waals surface area (Å²) in [6.07, 6.45) is 8.72. The SMILES string of the molecule is CN=C(NCc1cccc(OCc2ccccn2)c1)N1CCC(C)C(n2ccnc2)C1.I. The van der Waals surface area contributed by atoms with Crippen LogP contribution in [0.25, 0.3) is 0 Å². The largest absolute Gasteiger partial charge is 0.487 e. The summed E-state index contributed by atoms with van der Waals surface area (Å²) in [5, 5.41) is 3.52. The summed E-state index contributed by atoms with van der Waals surface area (Å²) in [7, 11) is 1.85. The molecule has 1 aliphatic heterocycles. The molecule has 1 fully saturated rings. The number of aliphatic imine (C=N–C) groups is 1. The van der Waals surface area contributed by atoms with E-state index in [2.05, 4.69) is 55.0 Å². The number of nitrogens with zero attached hydrogens (tertiary/aromatic N) is 5. The highest BCUT2D eigenvalue weighted by atomic mass is 127. The summed E-state index contributed by atoms with van der Waals surface area (Å²) in [5.41, 5.74) is 2.06. The zero-order valence-corrected chi connectivity index (χ0v) is 20.9. The standard InChI is InChI=1S/C24H30N6O.HI/c1-19-9-12-29(16-23(19)30-13-11-26-18-30)24(25-2)28-15-20-6-5-8-22(14-20)31-17-21-7-3-4-10-27-21;/h3-8,10-11,13-14,18-19,23H,9,12,15-17H2,1-2H3,(H,25,28);1H. The van der Waals surface area contributed by atoms with Gasteiger partial charge in [-0.25, -0.2) is 4.98 Å². The highest BCUT2D eigenvalue weighted by Gasteiger charge is 2.28. The summed E-state index contributed by atoms with van der Waals surface area (Å²) in [6.45, 7) is 5.38. The molecule has 4 rings (SSSR count). The Kier molecular flexibility index (Phi) is 8.90. The first-order chi connectivity index (χ1) is 15.2. The van der Waals surface area contributed by atoms with E-state index in [0.717, 1.165) is 42.5 Å². The van der Waals surface area contributed by atoms with Gasteiger partial charge < -0.3 is 19.5 Å². The average molecular weight is 546 g/mol. The molecule has 3 aromatic rings. The van der Waals surface area contributed by atoms with Gasteiger partial charge in [-0.3, -0.25) is 9.98 Å². The number of pyridine rings is 1. The van der Waals surface area contributed by atoms with Gasteiger partial charge in [-0.2, -0.15) is 0 Å². The van der Waals surface area contributed by atoms with Crippen molar-refractivity contribution in [3.8, 4) is 5.75 Å². The van der Waals surface area contributed by atoms with E-state index in [1.165, 1.54) is 0 Å². The van der Waals surface area contributed by atoms with Gasteiger partial charge in [0.1, 0.15) is 12.4 Å². The highest BCUT2D eigenvalue weighted by molar-refractivity contribution is 14.0. The number of likely N-dealkylation sites (tertiary alicyclic amines) is 1. The molecule has 2 aromatic heterocycles. The third kappa shape index (κ3) is 6.21. The quantitative estimate of drug-likeness (QED) is 0.286. The van der Waals surface area contributed by atoms with Crippen LogP contribution in [0.15, 0.2) is 72.4 Å². The monoisotopic (exact) mass is 546 g/mol. The molecular weight excluding hydrogens is 515 g/mol. The zero-order chi connectivity index (χ0) is 21.5. The molecule has 1 N–H and O–H groups in total. The van der Waals surface area contributed by atoms with Crippen LogP contribution in [0.4, 0.5) is 0 Å². The predicted octanol–water partition coefficient (Wildman–Crippen LogP) is 4.13. The number of hydrogen-bond donors (Lipinski definition) is 1. The maximum absolute atomic E-state index is 5.91. The third-order valence-electron chi connectivity index (χ3n) is 5.80. The lowest BCUT2D eigenvalue weighted by Crippen LogP contribution is -2.48. The molecule has 170 valence electrons. The fourth-order valence-electron chi connectivity index (χ4n) is 3.99. The maximum atomic E-state index is 5.91. The molecule has 0 aliphatic carbocycles. The van der Waals surface area contributed by atoms with Gasteiger partial charge in [0.05, 0.1) is 18.1 Å². The number of aromatic nitrogens is 3. The lowest BCUT2D eigenvalue weighted by atomic mass is 9.93. The van der Waals surface area contributed by atoms with Crippen molar-refractivity contribution < 1.29 is 4.74 Å². The van der Waals surface area contributed by atoms with Crippen molar-refractivity contribution in [3.63, 3.8) is 0 Å². The smallest absolute Gasteiger partial charge is 0.193 e. The van der Waals surface area contributed by atoms with Crippen molar-refractivity contribution in [1.82, 2.24) is 24.8 Å². The van der Waals surface area contributed by atoms with E-state index < -0.39 is 0 Å². The Morgan fingerprint density at radius 3 is 2.88 bits per heavy atom. The zero-order valence-electron chi connectivity index (χ0n) is 18.6. The van der Waals surface area contributed by atoms with E-state index in [4.69, 9.17) is 4.74 Å². The minimum Gasteiger partial charge on any atom is -0.487 e. The normalized spacial score (nSPS) is 18.7. The second-order valence-corrected chi connectivity index (χ2v) is 7.95. The van der Waals surface area contributed by atoms with Crippen LogP contribution in [-0.4, -0.2) is 45.5 Å². The Hall–Kier alpha value is -2.62. The summed E-state index contributed by atoms with van der Waals surface area (Å²) < 4.78 is 8.12. The van der Waals surface area contributed by atoms with Crippen LogP contribution in [0.5, 0.6) is 5.75 Å². The van der Waals surface area contributed by atoms with Gasteiger partial charge in [0.15, 0.2) is 5.96 Å². The van der Waals surface area contributed by atoms with Crippen molar-refractivity contribution in [3.05, 3.63) is 78.6 Å². The maximum Gasteiger partial charge on any atom is 0.193 e. The molecule has 1 aliphatic rings. The molecule has 3 heterocycles. The van der Waals surface area contributed by atoms with Crippen LogP contribution >= 0.6 is 24.0 Å². The average Bonchev–Trinajstić information content (AvgIpc) is 3.35. The fourth-order valence-corrected chi connectivity index (χ4v) is 3.99. The Bertz CT molecular complexity index is 979. The number of rotatable bonds is 6. The number of piperidine rings is 1. The van der Waals surface area contributed by atoms with E-state index in [1.54, 1.807) is 6.20 Å². The van der Waals surface area contributed by atoms with Crippen molar-refractivity contribution >= 4 is 29.9 Å². The first-order valence-corrected chi connectivity index (χ1v) is 10.8. The second-order valence-electron chi connectivity index (χ2n) is 7.95. The van der Waals surface area contributed by atoms with E-state index in [-0.39, 0.29) is 24.0 Å². The predicted molar refractivity (Wildman–Crippen MR) is 137 cm³/mol. The number of halogens is 1. The Labute approximate surface area is 207 Å². The summed E-state index contributed by atoms with van der Waals surface area (Å²) in [6, 6.07) is 14.4. The van der Waals surface area contributed by atoms with Gasteiger partial charge in [-0.1, -0.05) is 25.1 Å². The molecule has 7 nitrogen and oxygen atoms in total. The van der Waals surface area contributed by atoms with E-state index >= 15 is 0 Å². The van der Waals surface area contributed by atoms with Crippen LogP contribution in [0, 0.1) is 5.92 Å². The van der Waals surface area contributed by atoms with Gasteiger partial charge in [0.25, 0.3) is 0 Å². The molecule has 2 atom stereocenters.